The molecule has 1 aromatic rings. The minimum absolute atomic E-state index is 0.0642. The van der Waals surface area contributed by atoms with Crippen molar-refractivity contribution in [3.8, 4) is 0 Å². The SMILES string of the molecule is CC(C)NCc1cc(Br)cc(S(=O)(=O)NC2CCC2)c1F. The molecule has 0 aromatic heterocycles. The highest BCUT2D eigenvalue weighted by molar-refractivity contribution is 9.10. The molecular weight excluding hydrogens is 359 g/mol. The maximum absolute atomic E-state index is 14.5. The number of hydrogen-bond donors (Lipinski definition) is 2. The summed E-state index contributed by atoms with van der Waals surface area (Å²) in [5, 5.41) is 3.10. The summed E-state index contributed by atoms with van der Waals surface area (Å²) in [5.74, 6) is -0.682. The molecule has 1 aliphatic carbocycles. The summed E-state index contributed by atoms with van der Waals surface area (Å²) in [6.45, 7) is 4.19. The van der Waals surface area contributed by atoms with Gasteiger partial charge in [0, 0.05) is 28.7 Å². The standard InChI is InChI=1S/C14H20BrFN2O2S/c1-9(2)17-8-10-6-11(15)7-13(14(10)16)21(19,20)18-12-4-3-5-12/h6-7,9,12,17-18H,3-5,8H2,1-2H3. The zero-order valence-electron chi connectivity index (χ0n) is 12.1. The summed E-state index contributed by atoms with van der Waals surface area (Å²) < 4.78 is 42.2. The fourth-order valence-corrected chi connectivity index (χ4v) is 4.17. The van der Waals surface area contributed by atoms with E-state index in [0.29, 0.717) is 10.0 Å². The third-order valence-corrected chi connectivity index (χ3v) is 5.47. The molecule has 0 unspecified atom stereocenters. The van der Waals surface area contributed by atoms with Crippen LogP contribution in [0.5, 0.6) is 0 Å². The van der Waals surface area contributed by atoms with Crippen LogP contribution in [0.4, 0.5) is 4.39 Å². The van der Waals surface area contributed by atoms with Crippen molar-refractivity contribution >= 4 is 26.0 Å². The topological polar surface area (TPSA) is 58.2 Å². The molecule has 21 heavy (non-hydrogen) atoms. The van der Waals surface area contributed by atoms with Gasteiger partial charge in [-0.2, -0.15) is 0 Å². The minimum atomic E-state index is -3.82. The number of halogens is 2. The Morgan fingerprint density at radius 2 is 2.05 bits per heavy atom. The van der Waals surface area contributed by atoms with E-state index in [1.54, 1.807) is 6.07 Å². The Kier molecular flexibility index (Phi) is 5.40. The molecule has 1 fully saturated rings. The first-order valence-corrected chi connectivity index (χ1v) is 9.31. The lowest BCUT2D eigenvalue weighted by Gasteiger charge is -2.26. The molecule has 1 saturated carbocycles. The summed E-state index contributed by atoms with van der Waals surface area (Å²) in [5.41, 5.74) is 0.340. The normalized spacial score (nSPS) is 16.2. The van der Waals surface area contributed by atoms with Gasteiger partial charge < -0.3 is 5.32 Å². The van der Waals surface area contributed by atoms with Crippen molar-refractivity contribution in [2.75, 3.05) is 0 Å². The van der Waals surface area contributed by atoms with Crippen molar-refractivity contribution in [3.05, 3.63) is 28.0 Å². The van der Waals surface area contributed by atoms with Gasteiger partial charge >= 0.3 is 0 Å². The summed E-state index contributed by atoms with van der Waals surface area (Å²) in [7, 11) is -3.82. The second kappa shape index (κ2) is 6.73. The zero-order chi connectivity index (χ0) is 15.6. The van der Waals surface area contributed by atoms with Crippen LogP contribution < -0.4 is 10.0 Å². The first-order valence-electron chi connectivity index (χ1n) is 7.03. The van der Waals surface area contributed by atoms with E-state index in [1.165, 1.54) is 6.07 Å². The maximum atomic E-state index is 14.5. The average molecular weight is 379 g/mol. The largest absolute Gasteiger partial charge is 0.310 e. The third kappa shape index (κ3) is 4.25. The molecule has 0 heterocycles. The fourth-order valence-electron chi connectivity index (χ4n) is 2.07. The first-order chi connectivity index (χ1) is 9.79. The van der Waals surface area contributed by atoms with Gasteiger partial charge in [0.05, 0.1) is 0 Å². The molecule has 0 amide bonds. The Balaban J connectivity index is 2.29. The fraction of sp³-hybridized carbons (Fsp3) is 0.571. The second-order valence-corrected chi connectivity index (χ2v) is 8.26. The van der Waals surface area contributed by atoms with Crippen LogP contribution in [-0.4, -0.2) is 20.5 Å². The molecule has 0 atom stereocenters. The number of hydrogen-bond acceptors (Lipinski definition) is 3. The van der Waals surface area contributed by atoms with Gasteiger partial charge in [-0.1, -0.05) is 36.2 Å². The highest BCUT2D eigenvalue weighted by Crippen LogP contribution is 2.26. The van der Waals surface area contributed by atoms with Crippen LogP contribution in [0, 0.1) is 5.82 Å². The van der Waals surface area contributed by atoms with Gasteiger partial charge in [0.15, 0.2) is 0 Å². The Hall–Kier alpha value is -0.500. The van der Waals surface area contributed by atoms with Gasteiger partial charge in [-0.05, 0) is 25.0 Å². The van der Waals surface area contributed by atoms with Crippen LogP contribution in [0.2, 0.25) is 0 Å². The number of rotatable bonds is 6. The molecule has 2 N–H and O–H groups in total. The molecule has 0 aliphatic heterocycles. The molecule has 0 radical (unpaired) electrons. The molecule has 118 valence electrons. The summed E-state index contributed by atoms with van der Waals surface area (Å²) >= 11 is 3.26. The quantitative estimate of drug-likeness (QED) is 0.799. The molecule has 0 bridgehead atoms. The summed E-state index contributed by atoms with van der Waals surface area (Å²) in [6, 6.07) is 3.05. The first kappa shape index (κ1) is 16.9. The number of nitrogens with one attached hydrogen (secondary N) is 2. The van der Waals surface area contributed by atoms with Crippen LogP contribution in [-0.2, 0) is 16.6 Å². The van der Waals surface area contributed by atoms with E-state index in [-0.39, 0.29) is 23.5 Å². The molecule has 1 aliphatic rings. The van der Waals surface area contributed by atoms with Crippen molar-refractivity contribution in [1.82, 2.24) is 10.0 Å². The molecule has 4 nitrogen and oxygen atoms in total. The lowest BCUT2D eigenvalue weighted by atomic mass is 9.94. The van der Waals surface area contributed by atoms with E-state index in [2.05, 4.69) is 26.0 Å². The minimum Gasteiger partial charge on any atom is -0.310 e. The van der Waals surface area contributed by atoms with Gasteiger partial charge in [-0.3, -0.25) is 0 Å². The van der Waals surface area contributed by atoms with Crippen LogP contribution in [0.15, 0.2) is 21.5 Å². The molecule has 7 heteroatoms. The molecule has 0 spiro atoms. The molecule has 1 aromatic carbocycles. The predicted molar refractivity (Wildman–Crippen MR) is 84.0 cm³/mol. The third-order valence-electron chi connectivity index (χ3n) is 3.50. The lowest BCUT2D eigenvalue weighted by Crippen LogP contribution is -2.39. The molecule has 2 rings (SSSR count). The lowest BCUT2D eigenvalue weighted by molar-refractivity contribution is 0.382. The van der Waals surface area contributed by atoms with Gasteiger partial charge in [-0.15, -0.1) is 0 Å². The van der Waals surface area contributed by atoms with Crippen molar-refractivity contribution in [3.63, 3.8) is 0 Å². The Labute approximate surface area is 133 Å². The summed E-state index contributed by atoms with van der Waals surface area (Å²) in [4.78, 5) is -0.288. The predicted octanol–water partition coefficient (Wildman–Crippen LogP) is 2.92. The van der Waals surface area contributed by atoms with E-state index in [1.807, 2.05) is 13.8 Å². The molecular formula is C14H20BrFN2O2S. The second-order valence-electron chi connectivity index (χ2n) is 5.66. The summed E-state index contributed by atoms with van der Waals surface area (Å²) in [6.07, 6.45) is 2.64. The monoisotopic (exact) mass is 378 g/mol. The molecule has 0 saturated heterocycles. The van der Waals surface area contributed by atoms with E-state index < -0.39 is 15.8 Å². The van der Waals surface area contributed by atoms with E-state index >= 15 is 0 Å². The highest BCUT2D eigenvalue weighted by Gasteiger charge is 2.28. The maximum Gasteiger partial charge on any atom is 0.243 e. The van der Waals surface area contributed by atoms with Gasteiger partial charge in [0.2, 0.25) is 10.0 Å². The zero-order valence-corrected chi connectivity index (χ0v) is 14.5. The van der Waals surface area contributed by atoms with Gasteiger partial charge in [0.1, 0.15) is 10.7 Å². The van der Waals surface area contributed by atoms with Crippen molar-refractivity contribution in [2.45, 2.75) is 56.6 Å². The Bertz CT molecular complexity index is 616. The Morgan fingerprint density at radius 1 is 1.38 bits per heavy atom. The number of sulfonamides is 1. The average Bonchev–Trinajstić information content (AvgIpc) is 2.34. The number of benzene rings is 1. The Morgan fingerprint density at radius 3 is 2.57 bits per heavy atom. The van der Waals surface area contributed by atoms with Gasteiger partial charge in [-0.25, -0.2) is 17.5 Å². The van der Waals surface area contributed by atoms with E-state index in [0.717, 1.165) is 19.3 Å². The van der Waals surface area contributed by atoms with Crippen LogP contribution in [0.1, 0.15) is 38.7 Å². The van der Waals surface area contributed by atoms with Crippen LogP contribution in [0.3, 0.4) is 0 Å². The van der Waals surface area contributed by atoms with Crippen molar-refractivity contribution in [1.29, 1.82) is 0 Å². The highest BCUT2D eigenvalue weighted by atomic mass is 79.9. The van der Waals surface area contributed by atoms with Crippen LogP contribution >= 0.6 is 15.9 Å². The smallest absolute Gasteiger partial charge is 0.243 e. The van der Waals surface area contributed by atoms with Crippen molar-refractivity contribution in [2.24, 2.45) is 0 Å². The van der Waals surface area contributed by atoms with E-state index in [4.69, 9.17) is 0 Å². The van der Waals surface area contributed by atoms with E-state index in [9.17, 15) is 12.8 Å². The van der Waals surface area contributed by atoms with Crippen LogP contribution in [0.25, 0.3) is 0 Å². The van der Waals surface area contributed by atoms with Crippen molar-refractivity contribution < 1.29 is 12.8 Å². The van der Waals surface area contributed by atoms with Gasteiger partial charge in [0.25, 0.3) is 0 Å².